The second-order valence-electron chi connectivity index (χ2n) is 4.76. The van der Waals surface area contributed by atoms with E-state index in [0.29, 0.717) is 23.9 Å². The molecule has 1 aliphatic carbocycles. The van der Waals surface area contributed by atoms with Gasteiger partial charge in [0.25, 0.3) is 0 Å². The molecule has 0 radical (unpaired) electrons. The van der Waals surface area contributed by atoms with Crippen LogP contribution in [-0.4, -0.2) is 30.4 Å². The van der Waals surface area contributed by atoms with Gasteiger partial charge in [-0.2, -0.15) is 4.31 Å². The Bertz CT molecular complexity index is 512. The maximum atomic E-state index is 12.3. The van der Waals surface area contributed by atoms with Gasteiger partial charge in [0, 0.05) is 23.5 Å². The summed E-state index contributed by atoms with van der Waals surface area (Å²) in [5.74, 6) is 0.499. The van der Waals surface area contributed by atoms with Crippen LogP contribution in [0, 0.1) is 0 Å². The molecule has 0 aromatic heterocycles. The normalized spacial score (nSPS) is 15.9. The van der Waals surface area contributed by atoms with Gasteiger partial charge >= 0.3 is 0 Å². The summed E-state index contributed by atoms with van der Waals surface area (Å²) in [6, 6.07) is 7.47. The van der Waals surface area contributed by atoms with Crippen molar-refractivity contribution in [2.75, 3.05) is 11.6 Å². The summed E-state index contributed by atoms with van der Waals surface area (Å²) in [4.78, 5) is 0. The first-order chi connectivity index (χ1) is 9.03. The van der Waals surface area contributed by atoms with E-state index in [-0.39, 0.29) is 11.8 Å². The molecule has 1 aliphatic rings. The fraction of sp³-hybridized carbons (Fsp3) is 0.538. The summed E-state index contributed by atoms with van der Waals surface area (Å²) >= 11 is 11.4. The van der Waals surface area contributed by atoms with Gasteiger partial charge in [0.2, 0.25) is 10.0 Å². The Morgan fingerprint density at radius 1 is 1.21 bits per heavy atom. The first-order valence-corrected chi connectivity index (χ1v) is 8.85. The quantitative estimate of drug-likeness (QED) is 0.723. The fourth-order valence-corrected chi connectivity index (χ4v) is 4.11. The molecule has 0 heterocycles. The molecular formula is C13H17Cl2NO2S. The summed E-state index contributed by atoms with van der Waals surface area (Å²) < 4.78 is 26.2. The molecule has 0 aliphatic heterocycles. The Morgan fingerprint density at radius 3 is 2.37 bits per heavy atom. The van der Waals surface area contributed by atoms with Crippen LogP contribution in [0.15, 0.2) is 24.3 Å². The Kier molecular flexibility index (Phi) is 5.12. The molecule has 106 valence electrons. The van der Waals surface area contributed by atoms with Gasteiger partial charge in [0.05, 0.1) is 5.75 Å². The lowest BCUT2D eigenvalue weighted by atomic mass is 10.2. The maximum absolute atomic E-state index is 12.3. The van der Waals surface area contributed by atoms with Gasteiger partial charge in [0.1, 0.15) is 0 Å². The third-order valence-electron chi connectivity index (χ3n) is 3.10. The molecule has 2 rings (SSSR count). The average Bonchev–Trinajstić information content (AvgIpc) is 3.20. The molecule has 1 aromatic carbocycles. The van der Waals surface area contributed by atoms with E-state index in [4.69, 9.17) is 23.2 Å². The zero-order chi connectivity index (χ0) is 13.9. The molecule has 0 bridgehead atoms. The van der Waals surface area contributed by atoms with Crippen LogP contribution in [0.4, 0.5) is 0 Å². The second-order valence-corrected chi connectivity index (χ2v) is 7.62. The van der Waals surface area contributed by atoms with Crippen LogP contribution in [0.2, 0.25) is 5.02 Å². The SMILES string of the molecule is O=S(=O)(CCCCl)N(Cc1ccc(Cl)cc1)C1CC1. The van der Waals surface area contributed by atoms with E-state index in [9.17, 15) is 8.42 Å². The lowest BCUT2D eigenvalue weighted by Gasteiger charge is -2.21. The van der Waals surface area contributed by atoms with Crippen molar-refractivity contribution in [1.82, 2.24) is 4.31 Å². The van der Waals surface area contributed by atoms with E-state index in [2.05, 4.69) is 0 Å². The molecule has 0 atom stereocenters. The highest BCUT2D eigenvalue weighted by molar-refractivity contribution is 7.89. The maximum Gasteiger partial charge on any atom is 0.214 e. The lowest BCUT2D eigenvalue weighted by Crippen LogP contribution is -2.34. The van der Waals surface area contributed by atoms with Gasteiger partial charge in [-0.3, -0.25) is 0 Å². The Hall–Kier alpha value is -0.290. The number of rotatable bonds is 7. The zero-order valence-electron chi connectivity index (χ0n) is 10.6. The predicted molar refractivity (Wildman–Crippen MR) is 79.1 cm³/mol. The molecular weight excluding hydrogens is 305 g/mol. The monoisotopic (exact) mass is 321 g/mol. The van der Waals surface area contributed by atoms with Crippen LogP contribution < -0.4 is 0 Å². The summed E-state index contributed by atoms with van der Waals surface area (Å²) in [5.41, 5.74) is 0.964. The van der Waals surface area contributed by atoms with Crippen molar-refractivity contribution < 1.29 is 8.42 Å². The summed E-state index contributed by atoms with van der Waals surface area (Å²) in [5, 5.41) is 0.659. The smallest absolute Gasteiger partial charge is 0.212 e. The van der Waals surface area contributed by atoms with Crippen LogP contribution in [0.1, 0.15) is 24.8 Å². The van der Waals surface area contributed by atoms with E-state index >= 15 is 0 Å². The average molecular weight is 322 g/mol. The first kappa shape index (κ1) is 15.1. The minimum absolute atomic E-state index is 0.126. The van der Waals surface area contributed by atoms with Gasteiger partial charge in [-0.25, -0.2) is 8.42 Å². The molecule has 19 heavy (non-hydrogen) atoms. The van der Waals surface area contributed by atoms with Crippen LogP contribution in [-0.2, 0) is 16.6 Å². The van der Waals surface area contributed by atoms with Crippen LogP contribution in [0.5, 0.6) is 0 Å². The molecule has 1 aromatic rings. The van der Waals surface area contributed by atoms with E-state index in [1.807, 2.05) is 12.1 Å². The third kappa shape index (κ3) is 4.35. The number of halogens is 2. The van der Waals surface area contributed by atoms with Crippen molar-refractivity contribution >= 4 is 33.2 Å². The van der Waals surface area contributed by atoms with Crippen molar-refractivity contribution in [2.45, 2.75) is 31.8 Å². The second kappa shape index (κ2) is 6.44. The first-order valence-electron chi connectivity index (χ1n) is 6.33. The van der Waals surface area contributed by atoms with Crippen LogP contribution in [0.25, 0.3) is 0 Å². The molecule has 0 unspecified atom stereocenters. The van der Waals surface area contributed by atoms with E-state index in [1.54, 1.807) is 16.4 Å². The van der Waals surface area contributed by atoms with Crippen molar-refractivity contribution in [1.29, 1.82) is 0 Å². The molecule has 0 amide bonds. The number of hydrogen-bond donors (Lipinski definition) is 0. The van der Waals surface area contributed by atoms with Crippen LogP contribution in [0.3, 0.4) is 0 Å². The third-order valence-corrected chi connectivity index (χ3v) is 5.56. The Balaban J connectivity index is 2.10. The van der Waals surface area contributed by atoms with Gasteiger partial charge in [-0.1, -0.05) is 23.7 Å². The molecule has 3 nitrogen and oxygen atoms in total. The fourth-order valence-electron chi connectivity index (χ4n) is 1.94. The standard InChI is InChI=1S/C13H17Cl2NO2S/c14-8-1-9-19(17,18)16(13-6-7-13)10-11-2-4-12(15)5-3-11/h2-5,13H,1,6-10H2. The largest absolute Gasteiger partial charge is 0.214 e. The molecule has 1 fully saturated rings. The van der Waals surface area contributed by atoms with Gasteiger partial charge in [0.15, 0.2) is 0 Å². The summed E-state index contributed by atoms with van der Waals surface area (Å²) in [7, 11) is -3.21. The van der Waals surface area contributed by atoms with E-state index in [0.717, 1.165) is 18.4 Å². The van der Waals surface area contributed by atoms with Crippen molar-refractivity contribution in [3.8, 4) is 0 Å². The van der Waals surface area contributed by atoms with Gasteiger partial charge in [-0.05, 0) is 37.0 Å². The minimum atomic E-state index is -3.21. The minimum Gasteiger partial charge on any atom is -0.212 e. The predicted octanol–water partition coefficient (Wildman–Crippen LogP) is 3.26. The number of benzene rings is 1. The number of sulfonamides is 1. The molecule has 6 heteroatoms. The number of hydrogen-bond acceptors (Lipinski definition) is 2. The number of nitrogens with zero attached hydrogens (tertiary/aromatic N) is 1. The molecule has 0 N–H and O–H groups in total. The molecule has 0 saturated heterocycles. The highest BCUT2D eigenvalue weighted by Gasteiger charge is 2.36. The van der Waals surface area contributed by atoms with Gasteiger partial charge in [-0.15, -0.1) is 11.6 Å². The summed E-state index contributed by atoms with van der Waals surface area (Å²) in [6.07, 6.45) is 2.40. The van der Waals surface area contributed by atoms with E-state index < -0.39 is 10.0 Å². The Labute approximate surface area is 124 Å². The van der Waals surface area contributed by atoms with Crippen molar-refractivity contribution in [3.05, 3.63) is 34.9 Å². The van der Waals surface area contributed by atoms with Crippen molar-refractivity contribution in [2.24, 2.45) is 0 Å². The van der Waals surface area contributed by atoms with E-state index in [1.165, 1.54) is 0 Å². The highest BCUT2D eigenvalue weighted by atomic mass is 35.5. The molecule has 0 spiro atoms. The van der Waals surface area contributed by atoms with Crippen LogP contribution >= 0.6 is 23.2 Å². The topological polar surface area (TPSA) is 37.4 Å². The summed E-state index contributed by atoms with van der Waals surface area (Å²) in [6.45, 7) is 0.423. The Morgan fingerprint density at radius 2 is 1.84 bits per heavy atom. The lowest BCUT2D eigenvalue weighted by molar-refractivity contribution is 0.398. The highest BCUT2D eigenvalue weighted by Crippen LogP contribution is 2.31. The van der Waals surface area contributed by atoms with Gasteiger partial charge < -0.3 is 0 Å². The number of alkyl halides is 1. The molecule has 1 saturated carbocycles. The zero-order valence-corrected chi connectivity index (χ0v) is 12.9. The van der Waals surface area contributed by atoms with Crippen molar-refractivity contribution in [3.63, 3.8) is 0 Å².